The third kappa shape index (κ3) is 1.24. The van der Waals surface area contributed by atoms with Crippen LogP contribution in [0.1, 0.15) is 29.2 Å². The molecular weight excluding hydrogens is 176 g/mol. The summed E-state index contributed by atoms with van der Waals surface area (Å²) in [5.41, 5.74) is 8.75. The molecule has 0 aliphatic heterocycles. The van der Waals surface area contributed by atoms with Gasteiger partial charge >= 0.3 is 0 Å². The van der Waals surface area contributed by atoms with Crippen LogP contribution in [0.3, 0.4) is 0 Å². The van der Waals surface area contributed by atoms with Crippen molar-refractivity contribution in [3.63, 3.8) is 0 Å². The Labute approximate surface area is 83.1 Å². The van der Waals surface area contributed by atoms with Crippen LogP contribution in [0.15, 0.2) is 12.1 Å². The van der Waals surface area contributed by atoms with E-state index in [0.29, 0.717) is 5.56 Å². The smallest absolute Gasteiger partial charge is 0.120 e. The molecular formula is C11H12N2O. The van der Waals surface area contributed by atoms with Crippen LogP contribution in [0.2, 0.25) is 0 Å². The second-order valence-electron chi connectivity index (χ2n) is 3.50. The highest BCUT2D eigenvalue weighted by molar-refractivity contribution is 5.51. The lowest BCUT2D eigenvalue weighted by Gasteiger charge is -2.09. The largest absolute Gasteiger partial charge is 0.497 e. The van der Waals surface area contributed by atoms with Crippen molar-refractivity contribution < 1.29 is 4.74 Å². The van der Waals surface area contributed by atoms with Crippen LogP contribution < -0.4 is 10.5 Å². The second-order valence-corrected chi connectivity index (χ2v) is 3.50. The summed E-state index contributed by atoms with van der Waals surface area (Å²) in [7, 11) is 1.61. The van der Waals surface area contributed by atoms with Crippen LogP contribution in [0.5, 0.6) is 5.75 Å². The molecule has 1 aliphatic rings. The molecule has 3 heteroatoms. The highest BCUT2D eigenvalue weighted by Crippen LogP contribution is 2.34. The Bertz CT molecular complexity index is 406. The maximum absolute atomic E-state index is 8.98. The van der Waals surface area contributed by atoms with Crippen molar-refractivity contribution in [2.75, 3.05) is 7.11 Å². The monoisotopic (exact) mass is 188 g/mol. The molecule has 0 saturated heterocycles. The molecule has 2 rings (SSSR count). The lowest BCUT2D eigenvalue weighted by atomic mass is 10.0. The third-order valence-corrected chi connectivity index (χ3v) is 2.69. The molecule has 72 valence electrons. The number of ether oxygens (including phenoxy) is 1. The molecule has 1 atom stereocenters. The van der Waals surface area contributed by atoms with Crippen LogP contribution in [-0.4, -0.2) is 7.11 Å². The first-order valence-corrected chi connectivity index (χ1v) is 4.62. The van der Waals surface area contributed by atoms with E-state index in [1.54, 1.807) is 13.2 Å². The molecule has 2 N–H and O–H groups in total. The minimum atomic E-state index is 0.0190. The Hall–Kier alpha value is -1.53. The molecule has 0 fully saturated rings. The average Bonchev–Trinajstić information content (AvgIpc) is 2.59. The van der Waals surface area contributed by atoms with Crippen molar-refractivity contribution in [1.29, 1.82) is 5.26 Å². The third-order valence-electron chi connectivity index (χ3n) is 2.69. The molecule has 0 bridgehead atoms. The van der Waals surface area contributed by atoms with Crippen molar-refractivity contribution in [2.45, 2.75) is 18.9 Å². The lowest BCUT2D eigenvalue weighted by Crippen LogP contribution is -2.07. The zero-order chi connectivity index (χ0) is 10.1. The normalized spacial score (nSPS) is 18.8. The van der Waals surface area contributed by atoms with Gasteiger partial charge in [0.2, 0.25) is 0 Å². The highest BCUT2D eigenvalue weighted by atomic mass is 16.5. The standard InChI is InChI=1S/C11H12N2O/c1-14-9-4-7-2-3-10(13)11(7)8(5-9)6-12/h4-5,10H,2-3,13H2,1H3/t10-/m0/s1. The molecule has 0 spiro atoms. The lowest BCUT2D eigenvalue weighted by molar-refractivity contribution is 0.414. The molecule has 0 aromatic heterocycles. The van der Waals surface area contributed by atoms with E-state index in [-0.39, 0.29) is 6.04 Å². The molecule has 14 heavy (non-hydrogen) atoms. The molecule has 1 aromatic rings. The first-order valence-electron chi connectivity index (χ1n) is 4.62. The van der Waals surface area contributed by atoms with Gasteiger partial charge in [-0.1, -0.05) is 0 Å². The Morgan fingerprint density at radius 1 is 1.57 bits per heavy atom. The summed E-state index contributed by atoms with van der Waals surface area (Å²) in [6.45, 7) is 0. The fourth-order valence-electron chi connectivity index (χ4n) is 1.99. The molecule has 3 nitrogen and oxygen atoms in total. The molecule has 0 radical (unpaired) electrons. The number of rotatable bonds is 1. The van der Waals surface area contributed by atoms with Crippen LogP contribution >= 0.6 is 0 Å². The van der Waals surface area contributed by atoms with Gasteiger partial charge in [-0.15, -0.1) is 0 Å². The van der Waals surface area contributed by atoms with Crippen molar-refractivity contribution in [3.05, 3.63) is 28.8 Å². The highest BCUT2D eigenvalue weighted by Gasteiger charge is 2.23. The minimum absolute atomic E-state index is 0.0190. The first kappa shape index (κ1) is 9.04. The summed E-state index contributed by atoms with van der Waals surface area (Å²) >= 11 is 0. The summed E-state index contributed by atoms with van der Waals surface area (Å²) in [6, 6.07) is 5.92. The van der Waals surface area contributed by atoms with Gasteiger partial charge in [0.25, 0.3) is 0 Å². The first-order chi connectivity index (χ1) is 6.76. The zero-order valence-corrected chi connectivity index (χ0v) is 8.08. The number of hydrogen-bond acceptors (Lipinski definition) is 3. The Balaban J connectivity index is 2.60. The Morgan fingerprint density at radius 3 is 3.00 bits per heavy atom. The van der Waals surface area contributed by atoms with E-state index in [9.17, 15) is 0 Å². The number of nitriles is 1. The van der Waals surface area contributed by atoms with E-state index in [0.717, 1.165) is 29.7 Å². The van der Waals surface area contributed by atoms with Gasteiger partial charge in [0.1, 0.15) is 5.75 Å². The fraction of sp³-hybridized carbons (Fsp3) is 0.364. The summed E-state index contributed by atoms with van der Waals surface area (Å²) < 4.78 is 5.13. The summed E-state index contributed by atoms with van der Waals surface area (Å²) in [6.07, 6.45) is 1.87. The number of aryl methyl sites for hydroxylation is 1. The number of hydrogen-bond donors (Lipinski definition) is 1. The van der Waals surface area contributed by atoms with Gasteiger partial charge in [-0.25, -0.2) is 0 Å². The molecule has 1 aliphatic carbocycles. The van der Waals surface area contributed by atoms with Crippen molar-refractivity contribution in [3.8, 4) is 11.8 Å². The molecule has 0 heterocycles. The van der Waals surface area contributed by atoms with Gasteiger partial charge in [0.05, 0.1) is 18.7 Å². The van der Waals surface area contributed by atoms with Crippen LogP contribution in [0, 0.1) is 11.3 Å². The van der Waals surface area contributed by atoms with Gasteiger partial charge in [-0.05, 0) is 36.1 Å². The fourth-order valence-corrected chi connectivity index (χ4v) is 1.99. The quantitative estimate of drug-likeness (QED) is 0.726. The second kappa shape index (κ2) is 3.32. The van der Waals surface area contributed by atoms with Gasteiger partial charge in [-0.3, -0.25) is 0 Å². The zero-order valence-electron chi connectivity index (χ0n) is 8.08. The van der Waals surface area contributed by atoms with Gasteiger partial charge in [0, 0.05) is 6.04 Å². The van der Waals surface area contributed by atoms with E-state index in [4.69, 9.17) is 15.7 Å². The number of nitrogens with two attached hydrogens (primary N) is 1. The number of nitrogens with zero attached hydrogens (tertiary/aromatic N) is 1. The predicted octanol–water partition coefficient (Wildman–Crippen LogP) is 1.51. The summed E-state index contributed by atoms with van der Waals surface area (Å²) in [4.78, 5) is 0. The van der Waals surface area contributed by atoms with Crippen molar-refractivity contribution >= 4 is 0 Å². The molecule has 1 aromatic carbocycles. The number of methoxy groups -OCH3 is 1. The maximum atomic E-state index is 8.98. The Morgan fingerprint density at radius 2 is 2.36 bits per heavy atom. The van der Waals surface area contributed by atoms with E-state index in [1.807, 2.05) is 6.07 Å². The van der Waals surface area contributed by atoms with Crippen LogP contribution in [0.4, 0.5) is 0 Å². The Kier molecular flexibility index (Phi) is 2.14. The molecule has 0 unspecified atom stereocenters. The van der Waals surface area contributed by atoms with E-state index >= 15 is 0 Å². The van der Waals surface area contributed by atoms with Crippen molar-refractivity contribution in [2.24, 2.45) is 5.73 Å². The predicted molar refractivity (Wildman–Crippen MR) is 53.0 cm³/mol. The topological polar surface area (TPSA) is 59.0 Å². The van der Waals surface area contributed by atoms with Crippen molar-refractivity contribution in [1.82, 2.24) is 0 Å². The molecule has 0 amide bonds. The average molecular weight is 188 g/mol. The van der Waals surface area contributed by atoms with Crippen LogP contribution in [-0.2, 0) is 6.42 Å². The van der Waals surface area contributed by atoms with Gasteiger partial charge in [0.15, 0.2) is 0 Å². The number of fused-ring (bicyclic) bond motifs is 1. The maximum Gasteiger partial charge on any atom is 0.120 e. The molecule has 0 saturated carbocycles. The number of benzene rings is 1. The summed E-state index contributed by atoms with van der Waals surface area (Å²) in [5, 5.41) is 8.98. The minimum Gasteiger partial charge on any atom is -0.497 e. The summed E-state index contributed by atoms with van der Waals surface area (Å²) in [5.74, 6) is 0.745. The van der Waals surface area contributed by atoms with E-state index < -0.39 is 0 Å². The van der Waals surface area contributed by atoms with E-state index in [1.165, 1.54) is 0 Å². The van der Waals surface area contributed by atoms with Gasteiger partial charge in [-0.2, -0.15) is 5.26 Å². The van der Waals surface area contributed by atoms with E-state index in [2.05, 4.69) is 6.07 Å². The SMILES string of the molecule is COc1cc(C#N)c2c(c1)CC[C@@H]2N. The van der Waals surface area contributed by atoms with Gasteiger partial charge < -0.3 is 10.5 Å². The van der Waals surface area contributed by atoms with Crippen LogP contribution in [0.25, 0.3) is 0 Å².